The van der Waals surface area contributed by atoms with Gasteiger partial charge in [0.05, 0.1) is 28.3 Å². The van der Waals surface area contributed by atoms with Crippen molar-refractivity contribution in [3.05, 3.63) is 51.9 Å². The summed E-state index contributed by atoms with van der Waals surface area (Å²) < 4.78 is 6.45. The van der Waals surface area contributed by atoms with Gasteiger partial charge in [-0.1, -0.05) is 29.3 Å². The number of hydrogen-bond donors (Lipinski definition) is 3. The normalized spacial score (nSPS) is 29.0. The van der Waals surface area contributed by atoms with E-state index in [1.54, 1.807) is 12.4 Å². The van der Waals surface area contributed by atoms with E-state index in [0.717, 1.165) is 56.8 Å². The molecule has 172 valence electrons. The Kier molecular flexibility index (Phi) is 6.83. The second-order valence-electron chi connectivity index (χ2n) is 8.95. The van der Waals surface area contributed by atoms with E-state index in [1.807, 2.05) is 13.1 Å². The Labute approximate surface area is 199 Å². The minimum Gasteiger partial charge on any atom is -0.370 e. The molecule has 32 heavy (non-hydrogen) atoms. The number of hydrazine groups is 1. The summed E-state index contributed by atoms with van der Waals surface area (Å²) in [6.45, 7) is 6.04. The molecule has 0 spiro atoms. The van der Waals surface area contributed by atoms with Gasteiger partial charge in [0.25, 0.3) is 0 Å². The van der Waals surface area contributed by atoms with Crippen molar-refractivity contribution in [2.24, 2.45) is 5.92 Å². The van der Waals surface area contributed by atoms with E-state index < -0.39 is 0 Å². The van der Waals surface area contributed by atoms with E-state index >= 15 is 0 Å². The number of anilines is 1. The van der Waals surface area contributed by atoms with Crippen molar-refractivity contribution in [3.8, 4) is 0 Å². The molecule has 5 atom stereocenters. The summed E-state index contributed by atoms with van der Waals surface area (Å²) >= 11 is 12.7. The number of fused-ring (bicyclic) bond motifs is 1. The number of pyridine rings is 2. The molecule has 2 aromatic rings. The van der Waals surface area contributed by atoms with Crippen molar-refractivity contribution >= 4 is 29.0 Å². The minimum absolute atomic E-state index is 0.156. The lowest BCUT2D eigenvalue weighted by molar-refractivity contribution is -0.0370. The number of nitrogens with one attached hydrogen (secondary N) is 3. The van der Waals surface area contributed by atoms with Crippen molar-refractivity contribution in [2.45, 2.75) is 50.5 Å². The Bertz CT molecular complexity index is 903. The van der Waals surface area contributed by atoms with Crippen LogP contribution in [0, 0.1) is 5.92 Å². The summed E-state index contributed by atoms with van der Waals surface area (Å²) in [7, 11) is 0. The van der Waals surface area contributed by atoms with Gasteiger partial charge in [0, 0.05) is 56.4 Å². The Morgan fingerprint density at radius 3 is 2.56 bits per heavy atom. The van der Waals surface area contributed by atoms with Crippen LogP contribution < -0.4 is 21.1 Å². The van der Waals surface area contributed by atoms with Gasteiger partial charge in [-0.05, 0) is 43.7 Å². The van der Waals surface area contributed by atoms with E-state index in [2.05, 4.69) is 38.2 Å². The van der Waals surface area contributed by atoms with Crippen LogP contribution in [-0.4, -0.2) is 48.3 Å². The molecule has 0 bridgehead atoms. The zero-order chi connectivity index (χ0) is 22.1. The van der Waals surface area contributed by atoms with Gasteiger partial charge in [-0.2, -0.15) is 0 Å². The van der Waals surface area contributed by atoms with E-state index in [1.165, 1.54) is 5.56 Å². The van der Waals surface area contributed by atoms with Crippen molar-refractivity contribution in [2.75, 3.05) is 31.1 Å². The molecule has 9 heteroatoms. The smallest absolute Gasteiger partial charge is 0.128 e. The maximum absolute atomic E-state index is 6.45. The third kappa shape index (κ3) is 4.60. The fourth-order valence-electron chi connectivity index (χ4n) is 5.30. The predicted octanol–water partition coefficient (Wildman–Crippen LogP) is 3.66. The molecule has 5 rings (SSSR count). The lowest BCUT2D eigenvalue weighted by Gasteiger charge is -2.35. The topological polar surface area (TPSA) is 74.3 Å². The molecule has 4 unspecified atom stereocenters. The van der Waals surface area contributed by atoms with Gasteiger partial charge in [-0.15, -0.1) is 0 Å². The first-order valence-electron chi connectivity index (χ1n) is 11.5. The van der Waals surface area contributed by atoms with Crippen LogP contribution in [0.25, 0.3) is 0 Å². The molecule has 0 amide bonds. The van der Waals surface area contributed by atoms with Gasteiger partial charge in [-0.3, -0.25) is 10.4 Å². The van der Waals surface area contributed by atoms with Gasteiger partial charge in [-0.25, -0.2) is 10.4 Å². The lowest BCUT2D eigenvalue weighted by Crippen LogP contribution is -2.43. The highest BCUT2D eigenvalue weighted by atomic mass is 35.5. The quantitative estimate of drug-likeness (QED) is 0.607. The average Bonchev–Trinajstić information content (AvgIpc) is 3.23. The third-order valence-electron chi connectivity index (χ3n) is 6.97. The maximum Gasteiger partial charge on any atom is 0.128 e. The second kappa shape index (κ2) is 9.79. The molecule has 1 aliphatic carbocycles. The summed E-state index contributed by atoms with van der Waals surface area (Å²) in [5, 5.41) is 4.49. The van der Waals surface area contributed by atoms with Crippen LogP contribution in [0.2, 0.25) is 10.0 Å². The molecule has 1 saturated carbocycles. The molecule has 4 heterocycles. The molecular weight excluding hydrogens is 447 g/mol. The first kappa shape index (κ1) is 22.3. The first-order chi connectivity index (χ1) is 15.6. The second-order valence-corrected chi connectivity index (χ2v) is 9.77. The number of nitrogens with zero attached hydrogens (tertiary/aromatic N) is 3. The van der Waals surface area contributed by atoms with Crippen LogP contribution in [0.3, 0.4) is 0 Å². The fraction of sp³-hybridized carbons (Fsp3) is 0.565. The van der Waals surface area contributed by atoms with E-state index in [9.17, 15) is 0 Å². The molecule has 2 saturated heterocycles. The van der Waals surface area contributed by atoms with Crippen LogP contribution in [0.1, 0.15) is 49.5 Å². The number of hydrogen-bond acceptors (Lipinski definition) is 7. The van der Waals surface area contributed by atoms with E-state index in [4.69, 9.17) is 32.9 Å². The van der Waals surface area contributed by atoms with Crippen LogP contribution in [0.15, 0.2) is 30.7 Å². The number of aromatic nitrogens is 2. The van der Waals surface area contributed by atoms with Crippen LogP contribution in [-0.2, 0) is 4.74 Å². The number of ether oxygens (including phenoxy) is 1. The Morgan fingerprint density at radius 2 is 1.84 bits per heavy atom. The minimum atomic E-state index is -0.180. The van der Waals surface area contributed by atoms with Crippen molar-refractivity contribution in [3.63, 3.8) is 0 Å². The van der Waals surface area contributed by atoms with Crippen molar-refractivity contribution in [1.82, 2.24) is 26.1 Å². The molecule has 0 aromatic carbocycles. The summed E-state index contributed by atoms with van der Waals surface area (Å²) in [6.07, 6.45) is 8.30. The Balaban J connectivity index is 1.25. The number of halogens is 2. The largest absolute Gasteiger partial charge is 0.370 e. The highest BCUT2D eigenvalue weighted by Crippen LogP contribution is 2.41. The molecule has 2 aromatic heterocycles. The zero-order valence-corrected chi connectivity index (χ0v) is 19.7. The predicted molar refractivity (Wildman–Crippen MR) is 127 cm³/mol. The molecule has 0 radical (unpaired) electrons. The molecule has 3 N–H and O–H groups in total. The molecular formula is C23H30Cl2N6O. The Hall–Kier alpha value is -1.48. The highest BCUT2D eigenvalue weighted by molar-refractivity contribution is 6.35. The average molecular weight is 477 g/mol. The van der Waals surface area contributed by atoms with Gasteiger partial charge in [0.15, 0.2) is 0 Å². The standard InChI is InChI=1S/C23H30Cl2N6O/c1-14(22-18(24)12-27-13-19(22)25)32-16-3-4-20-17(10-16)23(30-29-20)15-2-5-21(28-11-15)31-8-6-26-7-9-31/h2,5,11-14,16-17,20,23,26,29-30H,3-4,6-10H2,1H3/t14-,16?,17?,20?,23?/m1/s1. The van der Waals surface area contributed by atoms with Gasteiger partial charge in [0.2, 0.25) is 0 Å². The maximum atomic E-state index is 6.45. The summed E-state index contributed by atoms with van der Waals surface area (Å²) in [5.74, 6) is 1.50. The highest BCUT2D eigenvalue weighted by Gasteiger charge is 2.42. The van der Waals surface area contributed by atoms with Crippen LogP contribution in [0.4, 0.5) is 5.82 Å². The zero-order valence-electron chi connectivity index (χ0n) is 18.2. The van der Waals surface area contributed by atoms with Crippen LogP contribution in [0.5, 0.6) is 0 Å². The molecule has 2 aliphatic heterocycles. The van der Waals surface area contributed by atoms with Crippen molar-refractivity contribution < 1.29 is 4.74 Å². The van der Waals surface area contributed by atoms with Crippen molar-refractivity contribution in [1.29, 1.82) is 0 Å². The SMILES string of the molecule is C[C@@H](OC1CCC2NNC(c3ccc(N4CCNCC4)nc3)C2C1)c1c(Cl)cncc1Cl. The monoisotopic (exact) mass is 476 g/mol. The van der Waals surface area contributed by atoms with E-state index in [-0.39, 0.29) is 18.2 Å². The summed E-state index contributed by atoms with van der Waals surface area (Å²) in [6, 6.07) is 5.04. The number of piperazine rings is 1. The number of rotatable bonds is 5. The molecule has 7 nitrogen and oxygen atoms in total. The first-order valence-corrected chi connectivity index (χ1v) is 12.2. The fourth-order valence-corrected chi connectivity index (χ4v) is 5.97. The molecule has 3 aliphatic rings. The van der Waals surface area contributed by atoms with Gasteiger partial charge >= 0.3 is 0 Å². The lowest BCUT2D eigenvalue weighted by atomic mass is 9.78. The third-order valence-corrected chi connectivity index (χ3v) is 7.57. The Morgan fingerprint density at radius 1 is 1.06 bits per heavy atom. The summed E-state index contributed by atoms with van der Waals surface area (Å²) in [4.78, 5) is 11.2. The van der Waals surface area contributed by atoms with Gasteiger partial charge in [0.1, 0.15) is 5.82 Å². The van der Waals surface area contributed by atoms with Crippen LogP contribution >= 0.6 is 23.2 Å². The summed E-state index contributed by atoms with van der Waals surface area (Å²) in [5.41, 5.74) is 9.06. The molecule has 3 fully saturated rings. The van der Waals surface area contributed by atoms with Gasteiger partial charge < -0.3 is 15.0 Å². The van der Waals surface area contributed by atoms with E-state index in [0.29, 0.717) is 22.0 Å².